The number of rotatable bonds is 4. The molecule has 180 valence electrons. The number of ether oxygens (including phenoxy) is 1. The molecule has 0 spiro atoms. The number of nitrogens with zero attached hydrogens (tertiary/aromatic N) is 3. The van der Waals surface area contributed by atoms with E-state index >= 15 is 0 Å². The minimum absolute atomic E-state index is 0.0576. The van der Waals surface area contributed by atoms with E-state index in [1.165, 1.54) is 12.1 Å². The van der Waals surface area contributed by atoms with Crippen LogP contribution in [0.4, 0.5) is 24.5 Å². The zero-order valence-corrected chi connectivity index (χ0v) is 18.9. The molecule has 3 aliphatic rings. The van der Waals surface area contributed by atoms with Crippen LogP contribution in [-0.2, 0) is 10.9 Å². The molecule has 8 heteroatoms. The maximum atomic E-state index is 14.1. The fourth-order valence-corrected chi connectivity index (χ4v) is 5.01. The number of fused-ring (bicyclic) bond motifs is 1. The van der Waals surface area contributed by atoms with Crippen molar-refractivity contribution in [2.45, 2.75) is 25.1 Å². The quantitative estimate of drug-likeness (QED) is 0.642. The van der Waals surface area contributed by atoms with Gasteiger partial charge in [0, 0.05) is 57.1 Å². The van der Waals surface area contributed by atoms with Gasteiger partial charge in [-0.25, -0.2) is 0 Å². The summed E-state index contributed by atoms with van der Waals surface area (Å²) in [6.07, 6.45) is 1.57. The number of alkyl halides is 3. The first kappa shape index (κ1) is 22.9. The average molecular weight is 472 g/mol. The lowest BCUT2D eigenvalue weighted by Crippen LogP contribution is -2.50. The van der Waals surface area contributed by atoms with Crippen LogP contribution in [0.3, 0.4) is 0 Å². The summed E-state index contributed by atoms with van der Waals surface area (Å²) in [6.45, 7) is 4.39. The molecule has 0 aliphatic carbocycles. The molecule has 0 radical (unpaired) electrons. The zero-order chi connectivity index (χ0) is 23.7. The second-order valence-electron chi connectivity index (χ2n) is 9.03. The van der Waals surface area contributed by atoms with Gasteiger partial charge in [0.25, 0.3) is 5.91 Å². The normalized spacial score (nSPS) is 21.1. The molecule has 3 aliphatic heterocycles. The molecule has 2 aromatic rings. The highest BCUT2D eigenvalue weighted by Crippen LogP contribution is 2.41. The lowest BCUT2D eigenvalue weighted by molar-refractivity contribution is -0.137. The smallest absolute Gasteiger partial charge is 0.377 e. The molecule has 1 unspecified atom stereocenters. The summed E-state index contributed by atoms with van der Waals surface area (Å²) >= 11 is 0. The molecule has 3 heterocycles. The van der Waals surface area contributed by atoms with Gasteiger partial charge in [-0.05, 0) is 42.7 Å². The minimum atomic E-state index is -4.58. The fourth-order valence-electron chi connectivity index (χ4n) is 5.01. The summed E-state index contributed by atoms with van der Waals surface area (Å²) in [5, 5.41) is 0. The molecule has 2 saturated heterocycles. The Morgan fingerprint density at radius 1 is 1.03 bits per heavy atom. The molecule has 0 N–H and O–H groups in total. The SMILES string of the molecule is O=C(c1ccc(N2CC=Cc3ccccc32)c(C(F)(F)F)c1)N1CCN(CC2CCCO2)CC1. The number of halogens is 3. The molecule has 34 heavy (non-hydrogen) atoms. The van der Waals surface area contributed by atoms with Gasteiger partial charge in [0.15, 0.2) is 0 Å². The summed E-state index contributed by atoms with van der Waals surface area (Å²) in [5.41, 5.74) is 0.923. The molecule has 0 saturated carbocycles. The molecule has 0 bridgehead atoms. The Morgan fingerprint density at radius 2 is 1.82 bits per heavy atom. The van der Waals surface area contributed by atoms with E-state index in [1.54, 1.807) is 9.80 Å². The highest BCUT2D eigenvalue weighted by atomic mass is 19.4. The van der Waals surface area contributed by atoms with Crippen molar-refractivity contribution < 1.29 is 22.7 Å². The second kappa shape index (κ2) is 9.43. The highest BCUT2D eigenvalue weighted by molar-refractivity contribution is 5.95. The lowest BCUT2D eigenvalue weighted by atomic mass is 10.0. The van der Waals surface area contributed by atoms with Gasteiger partial charge in [0.2, 0.25) is 0 Å². The molecular weight excluding hydrogens is 443 g/mol. The Hall–Kier alpha value is -2.84. The first-order chi connectivity index (χ1) is 16.4. The molecule has 0 aromatic heterocycles. The number of para-hydroxylation sites is 1. The first-order valence-electron chi connectivity index (χ1n) is 11.8. The summed E-state index contributed by atoms with van der Waals surface area (Å²) in [7, 11) is 0. The van der Waals surface area contributed by atoms with Crippen molar-refractivity contribution >= 4 is 23.4 Å². The van der Waals surface area contributed by atoms with Crippen LogP contribution in [0.15, 0.2) is 48.5 Å². The van der Waals surface area contributed by atoms with Crippen molar-refractivity contribution in [3.05, 3.63) is 65.2 Å². The first-order valence-corrected chi connectivity index (χ1v) is 11.8. The summed E-state index contributed by atoms with van der Waals surface area (Å²) in [6, 6.07) is 11.3. The van der Waals surface area contributed by atoms with E-state index in [1.807, 2.05) is 36.4 Å². The minimum Gasteiger partial charge on any atom is -0.377 e. The van der Waals surface area contributed by atoms with Crippen LogP contribution in [0.1, 0.15) is 34.3 Å². The molecule has 1 amide bonds. The summed E-state index contributed by atoms with van der Waals surface area (Å²) < 4.78 is 48.1. The van der Waals surface area contributed by atoms with Gasteiger partial charge >= 0.3 is 6.18 Å². The third-order valence-corrected chi connectivity index (χ3v) is 6.80. The Morgan fingerprint density at radius 3 is 2.56 bits per heavy atom. The third kappa shape index (κ3) is 4.70. The van der Waals surface area contributed by atoms with E-state index in [0.717, 1.165) is 43.3 Å². The van der Waals surface area contributed by atoms with Gasteiger partial charge in [-0.3, -0.25) is 9.69 Å². The maximum Gasteiger partial charge on any atom is 0.418 e. The summed E-state index contributed by atoms with van der Waals surface area (Å²) in [4.78, 5) is 18.7. The number of piperazine rings is 1. The number of carbonyl (C=O) groups is 1. The van der Waals surface area contributed by atoms with Gasteiger partial charge in [0.05, 0.1) is 17.4 Å². The standard InChI is InChI=1S/C26H28F3N3O2/c27-26(28,29)22-17-20(9-10-24(22)32-11-3-6-19-5-1-2-8-23(19)32)25(33)31-14-12-30(13-15-31)18-21-7-4-16-34-21/h1-3,5-6,8-10,17,21H,4,7,11-16,18H2. The molecule has 5 nitrogen and oxygen atoms in total. The number of carbonyl (C=O) groups excluding carboxylic acids is 1. The van der Waals surface area contributed by atoms with Crippen molar-refractivity contribution in [2.24, 2.45) is 0 Å². The second-order valence-corrected chi connectivity index (χ2v) is 9.03. The van der Waals surface area contributed by atoms with Gasteiger partial charge in [0.1, 0.15) is 0 Å². The van der Waals surface area contributed by atoms with Crippen LogP contribution < -0.4 is 4.90 Å². The highest BCUT2D eigenvalue weighted by Gasteiger charge is 2.37. The zero-order valence-electron chi connectivity index (χ0n) is 18.9. The number of hydrogen-bond donors (Lipinski definition) is 0. The fraction of sp³-hybridized carbons (Fsp3) is 0.423. The predicted octanol–water partition coefficient (Wildman–Crippen LogP) is 4.81. The largest absolute Gasteiger partial charge is 0.418 e. The third-order valence-electron chi connectivity index (χ3n) is 6.80. The van der Waals surface area contributed by atoms with Crippen molar-refractivity contribution in [1.29, 1.82) is 0 Å². The van der Waals surface area contributed by atoms with Crippen molar-refractivity contribution in [2.75, 3.05) is 50.8 Å². The number of amides is 1. The Balaban J connectivity index is 1.34. The van der Waals surface area contributed by atoms with Crippen LogP contribution >= 0.6 is 0 Å². The summed E-state index contributed by atoms with van der Waals surface area (Å²) in [5.74, 6) is -0.354. The van der Waals surface area contributed by atoms with E-state index in [4.69, 9.17) is 4.74 Å². The topological polar surface area (TPSA) is 36.0 Å². The van der Waals surface area contributed by atoms with Gasteiger partial charge < -0.3 is 14.5 Å². The van der Waals surface area contributed by atoms with E-state index in [9.17, 15) is 18.0 Å². The Bertz CT molecular complexity index is 1070. The van der Waals surface area contributed by atoms with Crippen molar-refractivity contribution in [3.63, 3.8) is 0 Å². The Kier molecular flexibility index (Phi) is 6.36. The molecule has 2 aromatic carbocycles. The van der Waals surface area contributed by atoms with Crippen molar-refractivity contribution in [1.82, 2.24) is 9.80 Å². The number of anilines is 2. The van der Waals surface area contributed by atoms with Crippen LogP contribution in [0.2, 0.25) is 0 Å². The molecule has 1 atom stereocenters. The van der Waals surface area contributed by atoms with E-state index < -0.39 is 11.7 Å². The van der Waals surface area contributed by atoms with Gasteiger partial charge in [-0.2, -0.15) is 13.2 Å². The monoisotopic (exact) mass is 471 g/mol. The van der Waals surface area contributed by atoms with Crippen LogP contribution in [0, 0.1) is 0 Å². The molecular formula is C26H28F3N3O2. The average Bonchev–Trinajstić information content (AvgIpc) is 3.36. The van der Waals surface area contributed by atoms with Gasteiger partial charge in [-0.1, -0.05) is 30.4 Å². The molecule has 5 rings (SSSR count). The number of benzene rings is 2. The maximum absolute atomic E-state index is 14.1. The van der Waals surface area contributed by atoms with E-state index in [-0.39, 0.29) is 23.3 Å². The van der Waals surface area contributed by atoms with Crippen LogP contribution in [0.5, 0.6) is 0 Å². The van der Waals surface area contributed by atoms with Gasteiger partial charge in [-0.15, -0.1) is 0 Å². The van der Waals surface area contributed by atoms with Crippen LogP contribution in [0.25, 0.3) is 6.08 Å². The predicted molar refractivity (Wildman–Crippen MR) is 125 cm³/mol. The van der Waals surface area contributed by atoms with E-state index in [2.05, 4.69) is 4.90 Å². The van der Waals surface area contributed by atoms with E-state index in [0.29, 0.717) is 32.7 Å². The Labute approximate surface area is 197 Å². The molecule has 2 fully saturated rings. The van der Waals surface area contributed by atoms with Crippen molar-refractivity contribution in [3.8, 4) is 0 Å². The number of hydrogen-bond acceptors (Lipinski definition) is 4. The lowest BCUT2D eigenvalue weighted by Gasteiger charge is -2.36. The van der Waals surface area contributed by atoms with Crippen LogP contribution in [-0.4, -0.2) is 67.7 Å².